The maximum atomic E-state index is 13.1. The fourth-order valence-electron chi connectivity index (χ4n) is 2.67. The van der Waals surface area contributed by atoms with Crippen molar-refractivity contribution in [3.63, 3.8) is 0 Å². The molecule has 3 rings (SSSR count). The lowest BCUT2D eigenvalue weighted by atomic mass is 10.1. The van der Waals surface area contributed by atoms with Crippen LogP contribution >= 0.6 is 0 Å². The maximum Gasteiger partial charge on any atom is 0.267 e. The Morgan fingerprint density at radius 2 is 1.86 bits per heavy atom. The standard InChI is InChI=1S/C20H20FN5O3/c1-2-16-11-20(29)25(13-23-16)10-9-22-18(27)12-26-19(28)8-7-17(24-26)14-3-5-15(21)6-4-14/h3-8,11,13H,2,9-10,12H2,1H3,(H,22,27). The summed E-state index contributed by atoms with van der Waals surface area (Å²) in [4.78, 5) is 40.3. The fraction of sp³-hybridized carbons (Fsp3) is 0.250. The van der Waals surface area contributed by atoms with Gasteiger partial charge in [0.25, 0.3) is 11.1 Å². The van der Waals surface area contributed by atoms with Crippen LogP contribution in [0.4, 0.5) is 4.39 Å². The largest absolute Gasteiger partial charge is 0.353 e. The molecular weight excluding hydrogens is 377 g/mol. The van der Waals surface area contributed by atoms with Crippen molar-refractivity contribution in [2.75, 3.05) is 6.54 Å². The molecule has 2 heterocycles. The van der Waals surface area contributed by atoms with Crippen molar-refractivity contribution in [3.8, 4) is 11.3 Å². The first kappa shape index (κ1) is 20.1. The third kappa shape index (κ3) is 5.22. The molecule has 2 aromatic heterocycles. The molecule has 150 valence electrons. The molecule has 3 aromatic rings. The lowest BCUT2D eigenvalue weighted by Crippen LogP contribution is -2.36. The Morgan fingerprint density at radius 3 is 2.55 bits per heavy atom. The van der Waals surface area contributed by atoms with E-state index in [4.69, 9.17) is 0 Å². The van der Waals surface area contributed by atoms with E-state index >= 15 is 0 Å². The van der Waals surface area contributed by atoms with Gasteiger partial charge in [-0.05, 0) is 36.8 Å². The summed E-state index contributed by atoms with van der Waals surface area (Å²) in [6.45, 7) is 2.11. The lowest BCUT2D eigenvalue weighted by molar-refractivity contribution is -0.121. The molecule has 0 spiro atoms. The van der Waals surface area contributed by atoms with E-state index in [9.17, 15) is 18.8 Å². The third-order valence-electron chi connectivity index (χ3n) is 4.27. The highest BCUT2D eigenvalue weighted by molar-refractivity contribution is 5.75. The van der Waals surface area contributed by atoms with Crippen molar-refractivity contribution in [1.29, 1.82) is 0 Å². The number of benzene rings is 1. The van der Waals surface area contributed by atoms with Crippen LogP contribution in [0.5, 0.6) is 0 Å². The second-order valence-corrected chi connectivity index (χ2v) is 6.34. The summed E-state index contributed by atoms with van der Waals surface area (Å²) in [7, 11) is 0. The Hall–Kier alpha value is -3.62. The van der Waals surface area contributed by atoms with Gasteiger partial charge < -0.3 is 5.32 Å². The number of carbonyl (C=O) groups excluding carboxylic acids is 1. The SMILES string of the molecule is CCc1cc(=O)n(CCNC(=O)Cn2nc(-c3ccc(F)cc3)ccc2=O)cn1. The Bertz CT molecular complexity index is 1120. The van der Waals surface area contributed by atoms with E-state index < -0.39 is 11.5 Å². The van der Waals surface area contributed by atoms with Crippen LogP contribution in [0.15, 0.2) is 58.4 Å². The van der Waals surface area contributed by atoms with Crippen LogP contribution in [0, 0.1) is 5.82 Å². The number of rotatable bonds is 7. The molecule has 0 saturated heterocycles. The molecule has 8 nitrogen and oxygen atoms in total. The van der Waals surface area contributed by atoms with E-state index in [0.29, 0.717) is 23.4 Å². The molecule has 0 atom stereocenters. The van der Waals surface area contributed by atoms with Gasteiger partial charge in [0.05, 0.1) is 12.0 Å². The van der Waals surface area contributed by atoms with Crippen molar-refractivity contribution < 1.29 is 9.18 Å². The monoisotopic (exact) mass is 397 g/mol. The van der Waals surface area contributed by atoms with Crippen LogP contribution < -0.4 is 16.4 Å². The number of hydrogen-bond acceptors (Lipinski definition) is 5. The quantitative estimate of drug-likeness (QED) is 0.641. The van der Waals surface area contributed by atoms with Crippen LogP contribution in [-0.4, -0.2) is 31.8 Å². The molecule has 1 amide bonds. The zero-order valence-electron chi connectivity index (χ0n) is 15.8. The second-order valence-electron chi connectivity index (χ2n) is 6.34. The number of aromatic nitrogens is 4. The van der Waals surface area contributed by atoms with E-state index in [-0.39, 0.29) is 31.0 Å². The van der Waals surface area contributed by atoms with Crippen molar-refractivity contribution in [2.45, 2.75) is 26.4 Å². The second kappa shape index (κ2) is 9.05. The van der Waals surface area contributed by atoms with Gasteiger partial charge in [-0.3, -0.25) is 19.0 Å². The number of nitrogens with zero attached hydrogens (tertiary/aromatic N) is 4. The molecule has 1 aromatic carbocycles. The van der Waals surface area contributed by atoms with Gasteiger partial charge >= 0.3 is 0 Å². The summed E-state index contributed by atoms with van der Waals surface area (Å²) < 4.78 is 15.5. The highest BCUT2D eigenvalue weighted by Gasteiger charge is 2.08. The van der Waals surface area contributed by atoms with E-state index in [1.165, 1.54) is 41.2 Å². The third-order valence-corrected chi connectivity index (χ3v) is 4.27. The number of amides is 1. The van der Waals surface area contributed by atoms with Gasteiger partial charge in [-0.25, -0.2) is 14.1 Å². The number of halogens is 1. The van der Waals surface area contributed by atoms with Gasteiger partial charge in [-0.15, -0.1) is 0 Å². The predicted molar refractivity (Wildman–Crippen MR) is 105 cm³/mol. The smallest absolute Gasteiger partial charge is 0.267 e. The van der Waals surface area contributed by atoms with Crippen LogP contribution in [0.3, 0.4) is 0 Å². The fourth-order valence-corrected chi connectivity index (χ4v) is 2.67. The number of hydrogen-bond donors (Lipinski definition) is 1. The minimum Gasteiger partial charge on any atom is -0.353 e. The minimum absolute atomic E-state index is 0.184. The van der Waals surface area contributed by atoms with Crippen LogP contribution in [-0.2, 0) is 24.3 Å². The zero-order chi connectivity index (χ0) is 20.8. The number of nitrogens with one attached hydrogen (secondary N) is 1. The van der Waals surface area contributed by atoms with Crippen LogP contribution in [0.25, 0.3) is 11.3 Å². The summed E-state index contributed by atoms with van der Waals surface area (Å²) in [6, 6.07) is 9.96. The molecule has 0 fully saturated rings. The Kier molecular flexibility index (Phi) is 6.28. The van der Waals surface area contributed by atoms with Gasteiger partial charge in [-0.1, -0.05) is 6.92 Å². The summed E-state index contributed by atoms with van der Waals surface area (Å²) in [6.07, 6.45) is 2.12. The molecule has 0 aliphatic rings. The lowest BCUT2D eigenvalue weighted by Gasteiger charge is -2.09. The van der Waals surface area contributed by atoms with E-state index in [1.807, 2.05) is 6.92 Å². The molecule has 0 aliphatic heterocycles. The maximum absolute atomic E-state index is 13.1. The Labute approximate surface area is 165 Å². The molecule has 0 aliphatic carbocycles. The van der Waals surface area contributed by atoms with Gasteiger partial charge in [0.2, 0.25) is 5.91 Å². The van der Waals surface area contributed by atoms with Crippen molar-refractivity contribution >= 4 is 5.91 Å². The summed E-state index contributed by atoms with van der Waals surface area (Å²) in [5, 5.41) is 6.82. The molecule has 0 radical (unpaired) electrons. The van der Waals surface area contributed by atoms with Gasteiger partial charge in [0.15, 0.2) is 0 Å². The molecule has 29 heavy (non-hydrogen) atoms. The highest BCUT2D eigenvalue weighted by Crippen LogP contribution is 2.15. The first-order valence-corrected chi connectivity index (χ1v) is 9.12. The molecule has 9 heteroatoms. The molecular formula is C20H20FN5O3. The molecule has 0 unspecified atom stereocenters. The van der Waals surface area contributed by atoms with E-state index in [0.717, 1.165) is 4.68 Å². The zero-order valence-corrected chi connectivity index (χ0v) is 15.8. The van der Waals surface area contributed by atoms with Gasteiger partial charge in [-0.2, -0.15) is 5.10 Å². The molecule has 0 saturated carbocycles. The summed E-state index contributed by atoms with van der Waals surface area (Å²) >= 11 is 0. The topological polar surface area (TPSA) is 98.9 Å². The van der Waals surface area contributed by atoms with Gasteiger partial charge in [0, 0.05) is 36.5 Å². The van der Waals surface area contributed by atoms with Crippen molar-refractivity contribution in [1.82, 2.24) is 24.6 Å². The first-order chi connectivity index (χ1) is 14.0. The van der Waals surface area contributed by atoms with E-state index in [2.05, 4.69) is 15.4 Å². The first-order valence-electron chi connectivity index (χ1n) is 9.12. The van der Waals surface area contributed by atoms with Crippen molar-refractivity contribution in [3.05, 3.63) is 81.0 Å². The van der Waals surface area contributed by atoms with Crippen LogP contribution in [0.2, 0.25) is 0 Å². The van der Waals surface area contributed by atoms with Gasteiger partial charge in [0.1, 0.15) is 12.4 Å². The molecule has 0 bridgehead atoms. The summed E-state index contributed by atoms with van der Waals surface area (Å²) in [5.74, 6) is -0.790. The Balaban J connectivity index is 1.62. The highest BCUT2D eigenvalue weighted by atomic mass is 19.1. The Morgan fingerprint density at radius 1 is 1.10 bits per heavy atom. The average molecular weight is 397 g/mol. The van der Waals surface area contributed by atoms with E-state index in [1.54, 1.807) is 12.1 Å². The summed E-state index contributed by atoms with van der Waals surface area (Å²) in [5.41, 5.74) is 1.17. The van der Waals surface area contributed by atoms with Crippen molar-refractivity contribution in [2.24, 2.45) is 0 Å². The number of carbonyl (C=O) groups is 1. The molecule has 1 N–H and O–H groups in total. The normalized spacial score (nSPS) is 10.7. The minimum atomic E-state index is -0.429. The average Bonchev–Trinajstić information content (AvgIpc) is 2.71. The number of aryl methyl sites for hydroxylation is 1. The van der Waals surface area contributed by atoms with Crippen LogP contribution in [0.1, 0.15) is 12.6 Å². The predicted octanol–water partition coefficient (Wildman–Crippen LogP) is 0.985.